The van der Waals surface area contributed by atoms with Gasteiger partial charge in [-0.1, -0.05) is 118 Å². The smallest absolute Gasteiger partial charge is 0.0490 e. The molecule has 0 saturated carbocycles. The fourth-order valence-corrected chi connectivity index (χ4v) is 4.05. The molecule has 0 spiro atoms. The molecule has 34 heavy (non-hydrogen) atoms. The van der Waals surface area contributed by atoms with E-state index in [2.05, 4.69) is 135 Å². The minimum Gasteiger partial charge on any atom is -0.310 e. The first-order valence-corrected chi connectivity index (χ1v) is 11.7. The fraction of sp³-hybridized carbons (Fsp3) is 0.0909. The topological polar surface area (TPSA) is 3.24 Å². The molecule has 0 amide bonds. The molecule has 0 aliphatic carbocycles. The Bertz CT molecular complexity index is 1280. The van der Waals surface area contributed by atoms with Gasteiger partial charge < -0.3 is 4.90 Å². The molecule has 0 aliphatic heterocycles. The van der Waals surface area contributed by atoms with Gasteiger partial charge in [-0.25, -0.2) is 0 Å². The summed E-state index contributed by atoms with van der Waals surface area (Å²) in [6.45, 7) is 12.8. The number of hydrogen-bond acceptors (Lipinski definition) is 1. The highest BCUT2D eigenvalue weighted by Gasteiger charge is 2.19. The van der Waals surface area contributed by atoms with Crippen LogP contribution in [0, 0.1) is 5.92 Å². The van der Waals surface area contributed by atoms with Gasteiger partial charge >= 0.3 is 0 Å². The zero-order chi connectivity index (χ0) is 23.9. The summed E-state index contributed by atoms with van der Waals surface area (Å²) in [5, 5.41) is 0. The zero-order valence-corrected chi connectivity index (χ0v) is 20.0. The molecular weight excluding hydrogens is 410 g/mol. The van der Waals surface area contributed by atoms with Crippen LogP contribution in [0.4, 0.5) is 11.4 Å². The Labute approximate surface area is 204 Å². The molecular formula is C33H31N. The summed E-state index contributed by atoms with van der Waals surface area (Å²) in [4.78, 5) is 2.28. The Kier molecular flexibility index (Phi) is 7.25. The minimum atomic E-state index is 0.301. The number of allylic oxidation sites excluding steroid dienone is 3. The van der Waals surface area contributed by atoms with Crippen LogP contribution >= 0.6 is 0 Å². The van der Waals surface area contributed by atoms with Gasteiger partial charge in [-0.3, -0.25) is 0 Å². The lowest BCUT2D eigenvalue weighted by atomic mass is 9.98. The zero-order valence-electron chi connectivity index (χ0n) is 20.0. The predicted octanol–water partition coefficient (Wildman–Crippen LogP) is 9.44. The van der Waals surface area contributed by atoms with E-state index in [1.165, 1.54) is 22.3 Å². The van der Waals surface area contributed by atoms with E-state index in [0.717, 1.165) is 22.6 Å². The van der Waals surface area contributed by atoms with Gasteiger partial charge in [0.15, 0.2) is 0 Å². The van der Waals surface area contributed by atoms with Crippen molar-refractivity contribution >= 4 is 11.4 Å². The second kappa shape index (κ2) is 10.7. The third-order valence-corrected chi connectivity index (χ3v) is 5.99. The van der Waals surface area contributed by atoms with E-state index >= 15 is 0 Å². The molecule has 0 aliphatic rings. The van der Waals surface area contributed by atoms with Crippen LogP contribution in [0.1, 0.15) is 13.8 Å². The van der Waals surface area contributed by atoms with Gasteiger partial charge in [-0.15, -0.1) is 0 Å². The van der Waals surface area contributed by atoms with E-state index in [0.29, 0.717) is 5.92 Å². The minimum absolute atomic E-state index is 0.301. The summed E-state index contributed by atoms with van der Waals surface area (Å²) in [5.74, 6) is 0.301. The van der Waals surface area contributed by atoms with Gasteiger partial charge in [-0.2, -0.15) is 0 Å². The molecule has 4 rings (SSSR count). The van der Waals surface area contributed by atoms with Crippen LogP contribution in [-0.4, -0.2) is 0 Å². The van der Waals surface area contributed by atoms with Crippen LogP contribution in [0.2, 0.25) is 0 Å². The van der Waals surface area contributed by atoms with Crippen molar-refractivity contribution in [3.63, 3.8) is 0 Å². The first-order chi connectivity index (χ1) is 16.6. The van der Waals surface area contributed by atoms with Crippen LogP contribution in [0.5, 0.6) is 0 Å². The Morgan fingerprint density at radius 3 is 1.74 bits per heavy atom. The van der Waals surface area contributed by atoms with E-state index in [-0.39, 0.29) is 0 Å². The number of anilines is 2. The summed E-state index contributed by atoms with van der Waals surface area (Å²) in [5.41, 5.74) is 9.06. The SMILES string of the molecule is C=C/C=C(\C(=C)C(C)C)N(c1ccc(-c2ccccc2)cc1)c1cccc(-c2ccccc2)c1. The molecule has 1 nitrogen and oxygen atoms in total. The molecule has 0 N–H and O–H groups in total. The number of benzene rings is 4. The van der Waals surface area contributed by atoms with E-state index in [9.17, 15) is 0 Å². The molecule has 0 atom stereocenters. The van der Waals surface area contributed by atoms with Gasteiger partial charge in [0.1, 0.15) is 0 Å². The monoisotopic (exact) mass is 441 g/mol. The van der Waals surface area contributed by atoms with Crippen molar-refractivity contribution in [2.75, 3.05) is 4.90 Å². The van der Waals surface area contributed by atoms with Gasteiger partial charge in [0.25, 0.3) is 0 Å². The van der Waals surface area contributed by atoms with Crippen molar-refractivity contribution in [2.24, 2.45) is 5.92 Å². The third kappa shape index (κ3) is 5.10. The molecule has 168 valence electrons. The van der Waals surface area contributed by atoms with Crippen LogP contribution in [0.3, 0.4) is 0 Å². The lowest BCUT2D eigenvalue weighted by molar-refractivity contribution is 0.775. The number of nitrogens with zero attached hydrogens (tertiary/aromatic N) is 1. The number of rotatable bonds is 8. The van der Waals surface area contributed by atoms with E-state index < -0.39 is 0 Å². The van der Waals surface area contributed by atoms with Gasteiger partial charge in [0, 0.05) is 17.1 Å². The van der Waals surface area contributed by atoms with Crippen LogP contribution < -0.4 is 4.90 Å². The molecule has 0 heterocycles. The lowest BCUT2D eigenvalue weighted by Gasteiger charge is -2.31. The molecule has 0 aromatic heterocycles. The highest BCUT2D eigenvalue weighted by Crippen LogP contribution is 2.37. The maximum atomic E-state index is 4.43. The van der Waals surface area contributed by atoms with Crippen LogP contribution in [-0.2, 0) is 0 Å². The lowest BCUT2D eigenvalue weighted by Crippen LogP contribution is -2.19. The Morgan fingerprint density at radius 1 is 0.647 bits per heavy atom. The molecule has 0 unspecified atom stereocenters. The quantitative estimate of drug-likeness (QED) is 0.246. The van der Waals surface area contributed by atoms with Gasteiger partial charge in [0.2, 0.25) is 0 Å². The van der Waals surface area contributed by atoms with Crippen LogP contribution in [0.15, 0.2) is 146 Å². The second-order valence-electron chi connectivity index (χ2n) is 8.63. The summed E-state index contributed by atoms with van der Waals surface area (Å²) < 4.78 is 0. The van der Waals surface area contributed by atoms with E-state index in [1.807, 2.05) is 18.2 Å². The van der Waals surface area contributed by atoms with E-state index in [4.69, 9.17) is 0 Å². The molecule has 4 aromatic carbocycles. The predicted molar refractivity (Wildman–Crippen MR) is 148 cm³/mol. The Balaban J connectivity index is 1.84. The second-order valence-corrected chi connectivity index (χ2v) is 8.63. The summed E-state index contributed by atoms with van der Waals surface area (Å²) in [7, 11) is 0. The highest BCUT2D eigenvalue weighted by molar-refractivity contribution is 5.78. The summed E-state index contributed by atoms with van der Waals surface area (Å²) in [6.07, 6.45) is 3.90. The molecule has 1 heteroatoms. The molecule has 0 radical (unpaired) electrons. The van der Waals surface area contributed by atoms with Crippen molar-refractivity contribution in [3.05, 3.63) is 146 Å². The Morgan fingerprint density at radius 2 is 1.18 bits per heavy atom. The Hall–Kier alpha value is -4.10. The first kappa shape index (κ1) is 23.1. The molecule has 0 saturated heterocycles. The van der Waals surface area contributed by atoms with Crippen molar-refractivity contribution in [1.82, 2.24) is 0 Å². The molecule has 0 bridgehead atoms. The number of hydrogen-bond donors (Lipinski definition) is 0. The standard InChI is InChI=1S/C33H31N/c1-5-13-33(26(4)25(2)3)34(31-22-20-29(21-23-31)27-14-8-6-9-15-27)32-19-12-18-30(24-32)28-16-10-7-11-17-28/h5-25H,1,4H2,2-3H3/b33-13+. The molecule has 4 aromatic rings. The average molecular weight is 442 g/mol. The highest BCUT2D eigenvalue weighted by atomic mass is 15.1. The fourth-order valence-electron chi connectivity index (χ4n) is 4.05. The van der Waals surface area contributed by atoms with Gasteiger partial charge in [-0.05, 0) is 64.1 Å². The summed E-state index contributed by atoms with van der Waals surface area (Å²) in [6, 6.07) is 38.4. The first-order valence-electron chi connectivity index (χ1n) is 11.7. The molecule has 0 fully saturated rings. The van der Waals surface area contributed by atoms with E-state index in [1.54, 1.807) is 0 Å². The normalized spacial score (nSPS) is 11.3. The van der Waals surface area contributed by atoms with Gasteiger partial charge in [0.05, 0.1) is 0 Å². The van der Waals surface area contributed by atoms with Crippen molar-refractivity contribution in [3.8, 4) is 22.3 Å². The van der Waals surface area contributed by atoms with Crippen molar-refractivity contribution < 1.29 is 0 Å². The maximum Gasteiger partial charge on any atom is 0.0490 e. The average Bonchev–Trinajstić information content (AvgIpc) is 2.89. The van der Waals surface area contributed by atoms with Crippen LogP contribution in [0.25, 0.3) is 22.3 Å². The summed E-state index contributed by atoms with van der Waals surface area (Å²) >= 11 is 0. The largest absolute Gasteiger partial charge is 0.310 e. The third-order valence-electron chi connectivity index (χ3n) is 5.99. The van der Waals surface area contributed by atoms with Crippen molar-refractivity contribution in [2.45, 2.75) is 13.8 Å². The van der Waals surface area contributed by atoms with Crippen molar-refractivity contribution in [1.29, 1.82) is 0 Å². The maximum absolute atomic E-state index is 4.43.